The van der Waals surface area contributed by atoms with E-state index in [2.05, 4.69) is 15.0 Å². The molecule has 1 aliphatic rings. The van der Waals surface area contributed by atoms with Gasteiger partial charge in [0.25, 0.3) is 0 Å². The Morgan fingerprint density at radius 1 is 1.21 bits per heavy atom. The summed E-state index contributed by atoms with van der Waals surface area (Å²) in [6, 6.07) is 5.51. The number of carbonyl (C=O) groups is 1. The fraction of sp³-hybridized carbons (Fsp3) is 0.375. The highest BCUT2D eigenvalue weighted by Crippen LogP contribution is 2.30. The number of thiocarbonyl (C=S) groups is 1. The minimum absolute atomic E-state index is 0.176. The second-order valence-corrected chi connectivity index (χ2v) is 7.24. The molecular formula is C16H17FN4OS2. The van der Waals surface area contributed by atoms with Crippen LogP contribution in [0.4, 0.5) is 4.39 Å². The second-order valence-electron chi connectivity index (χ2n) is 5.53. The van der Waals surface area contributed by atoms with E-state index < -0.39 is 5.37 Å². The Morgan fingerprint density at radius 3 is 2.54 bits per heavy atom. The number of hydrogen-bond acceptors (Lipinski definition) is 5. The standard InChI is InChI=1S/C16H17FN4OS2/c17-13-6-4-12(5-7-13)14(22)15(21-11-18-10-19-21)24-16(23)20-8-2-1-3-9-20/h4-7,10-11,15H,1-3,8-9H2/t15-/m0/s1. The molecule has 8 heteroatoms. The van der Waals surface area contributed by atoms with Gasteiger partial charge in [-0.05, 0) is 43.5 Å². The van der Waals surface area contributed by atoms with Crippen molar-refractivity contribution in [3.63, 3.8) is 0 Å². The number of nitrogens with zero attached hydrogens (tertiary/aromatic N) is 4. The zero-order chi connectivity index (χ0) is 16.9. The first-order valence-corrected chi connectivity index (χ1v) is 9.03. The number of benzene rings is 1. The molecule has 0 spiro atoms. The fourth-order valence-electron chi connectivity index (χ4n) is 2.57. The second kappa shape index (κ2) is 7.85. The summed E-state index contributed by atoms with van der Waals surface area (Å²) < 4.78 is 15.3. The van der Waals surface area contributed by atoms with Crippen LogP contribution in [0.2, 0.25) is 0 Å². The van der Waals surface area contributed by atoms with E-state index in [1.54, 1.807) is 0 Å². The van der Waals surface area contributed by atoms with E-state index in [0.29, 0.717) is 9.88 Å². The first kappa shape index (κ1) is 17.0. The Balaban J connectivity index is 1.80. The van der Waals surface area contributed by atoms with Crippen molar-refractivity contribution in [2.75, 3.05) is 13.1 Å². The molecule has 0 amide bonds. The summed E-state index contributed by atoms with van der Waals surface area (Å²) in [5, 5.41) is 3.44. The third-order valence-electron chi connectivity index (χ3n) is 3.86. The van der Waals surface area contributed by atoms with Gasteiger partial charge in [-0.2, -0.15) is 5.10 Å². The number of likely N-dealkylation sites (tertiary alicyclic amines) is 1. The molecule has 1 aliphatic heterocycles. The quantitative estimate of drug-likeness (QED) is 0.613. The molecule has 1 fully saturated rings. The van der Waals surface area contributed by atoms with Crippen LogP contribution < -0.4 is 0 Å². The Bertz CT molecular complexity index is 699. The van der Waals surface area contributed by atoms with Crippen LogP contribution in [0.15, 0.2) is 36.9 Å². The van der Waals surface area contributed by atoms with E-state index >= 15 is 0 Å². The lowest BCUT2D eigenvalue weighted by Gasteiger charge is -2.30. The molecule has 24 heavy (non-hydrogen) atoms. The number of aromatic nitrogens is 3. The van der Waals surface area contributed by atoms with Crippen LogP contribution in [0.25, 0.3) is 0 Å². The van der Waals surface area contributed by atoms with Crippen molar-refractivity contribution in [1.82, 2.24) is 19.7 Å². The maximum absolute atomic E-state index is 13.1. The van der Waals surface area contributed by atoms with Crippen molar-refractivity contribution in [3.05, 3.63) is 48.3 Å². The Hall–Kier alpha value is -1.80. The first-order chi connectivity index (χ1) is 11.6. The molecule has 126 valence electrons. The number of hydrogen-bond donors (Lipinski definition) is 0. The molecule has 0 bridgehead atoms. The molecule has 1 aromatic heterocycles. The largest absolute Gasteiger partial charge is 0.357 e. The minimum atomic E-state index is -0.646. The van der Waals surface area contributed by atoms with Gasteiger partial charge in [0, 0.05) is 18.7 Å². The average molecular weight is 364 g/mol. The van der Waals surface area contributed by atoms with Crippen LogP contribution in [0.1, 0.15) is 35.0 Å². The van der Waals surface area contributed by atoms with Crippen molar-refractivity contribution in [1.29, 1.82) is 0 Å². The molecule has 5 nitrogen and oxygen atoms in total. The predicted molar refractivity (Wildman–Crippen MR) is 95.4 cm³/mol. The van der Waals surface area contributed by atoms with Gasteiger partial charge in [-0.15, -0.1) is 0 Å². The molecule has 0 saturated carbocycles. The number of carbonyl (C=O) groups excluding carboxylic acids is 1. The number of halogens is 1. The van der Waals surface area contributed by atoms with Gasteiger partial charge >= 0.3 is 0 Å². The van der Waals surface area contributed by atoms with Gasteiger partial charge in [0.2, 0.25) is 0 Å². The Morgan fingerprint density at radius 2 is 1.92 bits per heavy atom. The van der Waals surface area contributed by atoms with Crippen LogP contribution in [0.3, 0.4) is 0 Å². The van der Waals surface area contributed by atoms with Gasteiger partial charge in [-0.1, -0.05) is 24.0 Å². The summed E-state index contributed by atoms with van der Waals surface area (Å²) in [4.78, 5) is 18.9. The molecule has 1 saturated heterocycles. The molecule has 0 radical (unpaired) electrons. The first-order valence-electron chi connectivity index (χ1n) is 7.74. The Kier molecular flexibility index (Phi) is 5.57. The van der Waals surface area contributed by atoms with Crippen LogP contribution in [-0.2, 0) is 0 Å². The maximum Gasteiger partial charge on any atom is 0.198 e. The molecule has 2 heterocycles. The van der Waals surface area contributed by atoms with Crippen molar-refractivity contribution < 1.29 is 9.18 Å². The van der Waals surface area contributed by atoms with Crippen LogP contribution in [0.5, 0.6) is 0 Å². The molecule has 0 N–H and O–H groups in total. The molecular weight excluding hydrogens is 347 g/mol. The summed E-state index contributed by atoms with van der Waals surface area (Å²) >= 11 is 6.82. The molecule has 1 atom stereocenters. The summed E-state index contributed by atoms with van der Waals surface area (Å²) in [6.07, 6.45) is 6.32. The lowest BCUT2D eigenvalue weighted by Crippen LogP contribution is -2.34. The van der Waals surface area contributed by atoms with Gasteiger partial charge < -0.3 is 4.90 Å². The monoisotopic (exact) mass is 364 g/mol. The molecule has 2 aromatic rings. The van der Waals surface area contributed by atoms with Gasteiger partial charge in [-0.3, -0.25) is 4.79 Å². The zero-order valence-electron chi connectivity index (χ0n) is 13.0. The van der Waals surface area contributed by atoms with Gasteiger partial charge in [0.1, 0.15) is 22.8 Å². The number of Topliss-reactive ketones (excluding diaryl/α,β-unsaturated/α-hetero) is 1. The number of ketones is 1. The van der Waals surface area contributed by atoms with Crippen LogP contribution in [0, 0.1) is 5.82 Å². The minimum Gasteiger partial charge on any atom is -0.357 e. The molecule has 3 rings (SSSR count). The molecule has 0 aliphatic carbocycles. The average Bonchev–Trinajstić information content (AvgIpc) is 3.14. The topological polar surface area (TPSA) is 51.0 Å². The number of rotatable bonds is 4. The summed E-state index contributed by atoms with van der Waals surface area (Å²) in [5.74, 6) is -0.551. The summed E-state index contributed by atoms with van der Waals surface area (Å²) in [5.41, 5.74) is 0.422. The van der Waals surface area contributed by atoms with Crippen molar-refractivity contribution in [2.24, 2.45) is 0 Å². The number of piperidine rings is 1. The van der Waals surface area contributed by atoms with E-state index in [0.717, 1.165) is 25.9 Å². The predicted octanol–water partition coefficient (Wildman–Crippen LogP) is 3.30. The van der Waals surface area contributed by atoms with Crippen LogP contribution >= 0.6 is 24.0 Å². The lowest BCUT2D eigenvalue weighted by atomic mass is 10.1. The van der Waals surface area contributed by atoms with Crippen molar-refractivity contribution >= 4 is 34.1 Å². The van der Waals surface area contributed by atoms with E-state index in [4.69, 9.17) is 12.2 Å². The third kappa shape index (κ3) is 3.99. The summed E-state index contributed by atoms with van der Waals surface area (Å²) in [6.45, 7) is 1.83. The number of thioether (sulfide) groups is 1. The van der Waals surface area contributed by atoms with E-state index in [1.807, 2.05) is 0 Å². The van der Waals surface area contributed by atoms with Crippen LogP contribution in [-0.4, -0.2) is 42.9 Å². The van der Waals surface area contributed by atoms with Crippen molar-refractivity contribution in [3.8, 4) is 0 Å². The van der Waals surface area contributed by atoms with Gasteiger partial charge in [0.05, 0.1) is 0 Å². The van der Waals surface area contributed by atoms with Gasteiger partial charge in [0.15, 0.2) is 11.2 Å². The Labute approximate surface area is 149 Å². The zero-order valence-corrected chi connectivity index (χ0v) is 14.6. The highest BCUT2D eigenvalue weighted by molar-refractivity contribution is 8.23. The van der Waals surface area contributed by atoms with Gasteiger partial charge in [-0.25, -0.2) is 14.1 Å². The highest BCUT2D eigenvalue weighted by Gasteiger charge is 2.27. The SMILES string of the molecule is O=C(c1ccc(F)cc1)[C@H](SC(=S)N1CCCCC1)n1cncn1. The lowest BCUT2D eigenvalue weighted by molar-refractivity contribution is 0.0963. The molecule has 0 unspecified atom stereocenters. The van der Waals surface area contributed by atoms with Crippen molar-refractivity contribution in [2.45, 2.75) is 24.6 Å². The summed E-state index contributed by atoms with van der Waals surface area (Å²) in [7, 11) is 0. The molecule has 1 aromatic carbocycles. The maximum atomic E-state index is 13.1. The fourth-order valence-corrected chi connectivity index (χ4v) is 4.01. The smallest absolute Gasteiger partial charge is 0.198 e. The van der Waals surface area contributed by atoms with E-state index in [9.17, 15) is 9.18 Å². The highest BCUT2D eigenvalue weighted by atomic mass is 32.2. The third-order valence-corrected chi connectivity index (χ3v) is 5.52. The van der Waals surface area contributed by atoms with E-state index in [1.165, 1.54) is 59.8 Å². The van der Waals surface area contributed by atoms with E-state index in [-0.39, 0.29) is 11.6 Å². The normalized spacial score (nSPS) is 16.0.